The number of alkyl halides is 4. The highest BCUT2D eigenvalue weighted by atomic mass is 79.9. The summed E-state index contributed by atoms with van der Waals surface area (Å²) in [7, 11) is 0. The normalized spacial score (nSPS) is 13.2. The molecule has 2 aromatic carbocycles. The summed E-state index contributed by atoms with van der Waals surface area (Å²) in [5, 5.41) is 0. The number of halogens is 4. The van der Waals surface area contributed by atoms with E-state index >= 15 is 0 Å². The van der Waals surface area contributed by atoms with Gasteiger partial charge in [0.25, 0.3) is 0 Å². The number of rotatable bonds is 4. The lowest BCUT2D eigenvalue weighted by molar-refractivity contribution is -0.137. The van der Waals surface area contributed by atoms with Crippen LogP contribution < -0.4 is 0 Å². The fourth-order valence-corrected chi connectivity index (χ4v) is 2.79. The second-order valence-electron chi connectivity index (χ2n) is 4.97. The van der Waals surface area contributed by atoms with Gasteiger partial charge in [0.2, 0.25) is 0 Å². The van der Waals surface area contributed by atoms with Crippen molar-refractivity contribution in [2.45, 2.75) is 30.8 Å². The third-order valence-corrected chi connectivity index (χ3v) is 4.40. The summed E-state index contributed by atoms with van der Waals surface area (Å²) < 4.78 is 37.6. The first-order valence-corrected chi connectivity index (χ1v) is 7.73. The Bertz CT molecular complexity index is 570. The van der Waals surface area contributed by atoms with Crippen molar-refractivity contribution in [3.8, 4) is 0 Å². The Morgan fingerprint density at radius 1 is 0.905 bits per heavy atom. The van der Waals surface area contributed by atoms with Crippen LogP contribution in [0, 0.1) is 0 Å². The van der Waals surface area contributed by atoms with Crippen molar-refractivity contribution in [1.82, 2.24) is 0 Å². The molecule has 2 rings (SSSR count). The molecule has 0 heterocycles. The molecule has 2 aromatic rings. The van der Waals surface area contributed by atoms with Gasteiger partial charge in [0, 0.05) is 0 Å². The van der Waals surface area contributed by atoms with Crippen LogP contribution in [0.15, 0.2) is 48.5 Å². The van der Waals surface area contributed by atoms with Crippen LogP contribution >= 0.6 is 15.9 Å². The predicted octanol–water partition coefficient (Wildman–Crippen LogP) is 6.14. The SMILES string of the molecule is CCCc1ccc(C(Br)c2ccc(C(F)(F)F)cc2)cc1. The van der Waals surface area contributed by atoms with Crippen molar-refractivity contribution < 1.29 is 13.2 Å². The molecule has 1 atom stereocenters. The highest BCUT2D eigenvalue weighted by Crippen LogP contribution is 2.34. The molecule has 0 N–H and O–H groups in total. The lowest BCUT2D eigenvalue weighted by Crippen LogP contribution is -2.04. The van der Waals surface area contributed by atoms with E-state index in [2.05, 4.69) is 35.0 Å². The van der Waals surface area contributed by atoms with Crippen LogP contribution in [-0.2, 0) is 12.6 Å². The minimum atomic E-state index is -4.29. The van der Waals surface area contributed by atoms with Crippen molar-refractivity contribution in [2.24, 2.45) is 0 Å². The maximum absolute atomic E-state index is 12.5. The summed E-state index contributed by atoms with van der Waals surface area (Å²) in [6, 6.07) is 13.4. The maximum atomic E-state index is 12.5. The first-order chi connectivity index (χ1) is 9.91. The molecule has 4 heteroatoms. The van der Waals surface area contributed by atoms with Gasteiger partial charge < -0.3 is 0 Å². The molecule has 0 fully saturated rings. The molecule has 112 valence electrons. The van der Waals surface area contributed by atoms with Crippen molar-refractivity contribution >= 4 is 15.9 Å². The van der Waals surface area contributed by atoms with Crippen LogP contribution in [0.4, 0.5) is 13.2 Å². The minimum Gasteiger partial charge on any atom is -0.166 e. The molecule has 0 saturated carbocycles. The van der Waals surface area contributed by atoms with E-state index in [4.69, 9.17) is 0 Å². The lowest BCUT2D eigenvalue weighted by Gasteiger charge is -2.13. The van der Waals surface area contributed by atoms with Gasteiger partial charge >= 0.3 is 6.18 Å². The summed E-state index contributed by atoms with van der Waals surface area (Å²) in [6.07, 6.45) is -2.16. The average molecular weight is 357 g/mol. The number of hydrogen-bond acceptors (Lipinski definition) is 0. The molecule has 21 heavy (non-hydrogen) atoms. The van der Waals surface area contributed by atoms with Crippen molar-refractivity contribution in [2.75, 3.05) is 0 Å². The van der Waals surface area contributed by atoms with Crippen molar-refractivity contribution in [3.63, 3.8) is 0 Å². The van der Waals surface area contributed by atoms with Crippen LogP contribution in [0.5, 0.6) is 0 Å². The number of benzene rings is 2. The monoisotopic (exact) mass is 356 g/mol. The molecule has 0 spiro atoms. The molecule has 0 saturated heterocycles. The van der Waals surface area contributed by atoms with Crippen LogP contribution in [0.1, 0.15) is 40.4 Å². The van der Waals surface area contributed by atoms with E-state index in [0.29, 0.717) is 0 Å². The highest BCUT2D eigenvalue weighted by molar-refractivity contribution is 9.09. The molecule has 0 radical (unpaired) electrons. The maximum Gasteiger partial charge on any atom is 0.416 e. The van der Waals surface area contributed by atoms with Gasteiger partial charge in [-0.25, -0.2) is 0 Å². The average Bonchev–Trinajstić information content (AvgIpc) is 2.47. The summed E-state index contributed by atoms with van der Waals surface area (Å²) in [6.45, 7) is 2.13. The summed E-state index contributed by atoms with van der Waals surface area (Å²) in [5.74, 6) is 0. The summed E-state index contributed by atoms with van der Waals surface area (Å²) in [4.78, 5) is -0.101. The van der Waals surface area contributed by atoms with Crippen LogP contribution in [0.3, 0.4) is 0 Å². The third kappa shape index (κ3) is 4.10. The molecule has 0 bridgehead atoms. The molecule has 0 nitrogen and oxygen atoms in total. The van der Waals surface area contributed by atoms with Crippen LogP contribution in [0.2, 0.25) is 0 Å². The van der Waals surface area contributed by atoms with E-state index in [0.717, 1.165) is 36.1 Å². The Morgan fingerprint density at radius 3 is 1.81 bits per heavy atom. The molecule has 1 unspecified atom stereocenters. The van der Waals surface area contributed by atoms with E-state index in [9.17, 15) is 13.2 Å². The predicted molar refractivity (Wildman–Crippen MR) is 82.7 cm³/mol. The quantitative estimate of drug-likeness (QED) is 0.577. The summed E-state index contributed by atoms with van der Waals surface area (Å²) >= 11 is 3.55. The van der Waals surface area contributed by atoms with Crippen LogP contribution in [0.25, 0.3) is 0 Å². The van der Waals surface area contributed by atoms with Crippen molar-refractivity contribution in [1.29, 1.82) is 0 Å². The zero-order valence-electron chi connectivity index (χ0n) is 11.6. The van der Waals surface area contributed by atoms with Crippen LogP contribution in [-0.4, -0.2) is 0 Å². The Kier molecular flexibility index (Phi) is 5.09. The molecular weight excluding hydrogens is 341 g/mol. The van der Waals surface area contributed by atoms with Gasteiger partial charge in [-0.2, -0.15) is 13.2 Å². The standard InChI is InChI=1S/C17H16BrF3/c1-2-3-12-4-6-13(7-5-12)16(18)14-8-10-15(11-9-14)17(19,20)21/h4-11,16H,2-3H2,1H3. The number of aryl methyl sites for hydroxylation is 1. The van der Waals surface area contributed by atoms with E-state index in [1.807, 2.05) is 12.1 Å². The zero-order valence-corrected chi connectivity index (χ0v) is 13.2. The lowest BCUT2D eigenvalue weighted by atomic mass is 10.0. The molecule has 0 amide bonds. The Hall–Kier alpha value is -1.29. The molecule has 0 aromatic heterocycles. The van der Waals surface area contributed by atoms with Gasteiger partial charge in [0.15, 0.2) is 0 Å². The second kappa shape index (κ2) is 6.65. The van der Waals surface area contributed by atoms with E-state index < -0.39 is 11.7 Å². The Morgan fingerprint density at radius 2 is 1.38 bits per heavy atom. The first kappa shape index (κ1) is 16.1. The van der Waals surface area contributed by atoms with Gasteiger partial charge in [0.1, 0.15) is 0 Å². The minimum absolute atomic E-state index is 0.101. The Balaban J connectivity index is 2.17. The van der Waals surface area contributed by atoms with Gasteiger partial charge in [-0.15, -0.1) is 0 Å². The fourth-order valence-electron chi connectivity index (χ4n) is 2.18. The van der Waals surface area contributed by atoms with Gasteiger partial charge in [-0.1, -0.05) is 65.7 Å². The van der Waals surface area contributed by atoms with E-state index in [1.54, 1.807) is 0 Å². The zero-order chi connectivity index (χ0) is 15.5. The van der Waals surface area contributed by atoms with E-state index in [-0.39, 0.29) is 4.83 Å². The first-order valence-electron chi connectivity index (χ1n) is 6.82. The van der Waals surface area contributed by atoms with E-state index in [1.165, 1.54) is 17.7 Å². The molecular formula is C17H16BrF3. The van der Waals surface area contributed by atoms with Gasteiger partial charge in [-0.3, -0.25) is 0 Å². The topological polar surface area (TPSA) is 0 Å². The van der Waals surface area contributed by atoms with Gasteiger partial charge in [-0.05, 0) is 35.2 Å². The molecule has 0 aliphatic rings. The van der Waals surface area contributed by atoms with Crippen molar-refractivity contribution in [3.05, 3.63) is 70.8 Å². The second-order valence-corrected chi connectivity index (χ2v) is 5.89. The largest absolute Gasteiger partial charge is 0.416 e. The highest BCUT2D eigenvalue weighted by Gasteiger charge is 2.30. The summed E-state index contributed by atoms with van der Waals surface area (Å²) in [5.41, 5.74) is 2.50. The smallest absolute Gasteiger partial charge is 0.166 e. The Labute approximate surface area is 131 Å². The third-order valence-electron chi connectivity index (χ3n) is 3.34. The number of hydrogen-bond donors (Lipinski definition) is 0. The molecule has 0 aliphatic heterocycles. The van der Waals surface area contributed by atoms with Gasteiger partial charge in [0.05, 0.1) is 10.4 Å². The fraction of sp³-hybridized carbons (Fsp3) is 0.294. The molecule has 0 aliphatic carbocycles.